The van der Waals surface area contributed by atoms with Crippen LogP contribution < -0.4 is 10.1 Å². The van der Waals surface area contributed by atoms with Crippen LogP contribution in [0.4, 0.5) is 18.3 Å². The average molecular weight is 413 g/mol. The molecular weight excluding hydrogens is 391 g/mol. The molecule has 1 aliphatic heterocycles. The van der Waals surface area contributed by atoms with E-state index < -0.39 is 12.8 Å². The summed E-state index contributed by atoms with van der Waals surface area (Å²) in [5.41, 5.74) is 1.78. The van der Waals surface area contributed by atoms with Crippen LogP contribution in [0.15, 0.2) is 29.6 Å². The van der Waals surface area contributed by atoms with Gasteiger partial charge in [-0.3, -0.25) is 9.69 Å². The molecule has 0 unspecified atom stereocenters. The lowest BCUT2D eigenvalue weighted by atomic mass is 9.95. The van der Waals surface area contributed by atoms with Gasteiger partial charge in [-0.25, -0.2) is 4.98 Å². The van der Waals surface area contributed by atoms with Gasteiger partial charge < -0.3 is 10.1 Å². The quantitative estimate of drug-likeness (QED) is 0.770. The Labute approximate surface area is 165 Å². The van der Waals surface area contributed by atoms with E-state index in [9.17, 15) is 18.0 Å². The van der Waals surface area contributed by atoms with E-state index in [2.05, 4.69) is 15.2 Å². The number of halogens is 3. The highest BCUT2D eigenvalue weighted by atomic mass is 32.1. The van der Waals surface area contributed by atoms with Crippen molar-refractivity contribution in [2.45, 2.75) is 32.5 Å². The van der Waals surface area contributed by atoms with Crippen LogP contribution in [0, 0.1) is 12.8 Å². The maximum atomic E-state index is 12.4. The third-order valence-corrected chi connectivity index (χ3v) is 5.39. The van der Waals surface area contributed by atoms with Crippen molar-refractivity contribution in [3.63, 3.8) is 0 Å². The first-order valence-electron chi connectivity index (χ1n) is 9.02. The summed E-state index contributed by atoms with van der Waals surface area (Å²) in [5, 5.41) is 5.39. The molecule has 1 aromatic carbocycles. The number of ether oxygens (including phenoxy) is 1. The SMILES string of the molecule is Cc1csc(NC(=O)C2CCN(Cc3cccc(OCC(F)(F)F)c3)CC2)n1. The lowest BCUT2D eigenvalue weighted by Crippen LogP contribution is -2.37. The van der Waals surface area contributed by atoms with Gasteiger partial charge in [-0.2, -0.15) is 13.2 Å². The average Bonchev–Trinajstić information content (AvgIpc) is 3.05. The number of likely N-dealkylation sites (tertiary alicyclic amines) is 1. The number of alkyl halides is 3. The first-order valence-corrected chi connectivity index (χ1v) is 9.90. The summed E-state index contributed by atoms with van der Waals surface area (Å²) in [6.07, 6.45) is -2.88. The third kappa shape index (κ3) is 6.20. The largest absolute Gasteiger partial charge is 0.484 e. The summed E-state index contributed by atoms with van der Waals surface area (Å²) >= 11 is 1.42. The number of piperidine rings is 1. The van der Waals surface area contributed by atoms with E-state index in [1.54, 1.807) is 12.1 Å². The second-order valence-corrected chi connectivity index (χ2v) is 7.74. The smallest absolute Gasteiger partial charge is 0.422 e. The fourth-order valence-corrected chi connectivity index (χ4v) is 3.82. The van der Waals surface area contributed by atoms with Gasteiger partial charge in [0.05, 0.1) is 5.69 Å². The van der Waals surface area contributed by atoms with Crippen LogP contribution in [0.25, 0.3) is 0 Å². The Morgan fingerprint density at radius 2 is 2.11 bits per heavy atom. The maximum absolute atomic E-state index is 12.4. The maximum Gasteiger partial charge on any atom is 0.422 e. The molecule has 1 saturated heterocycles. The van der Waals surface area contributed by atoms with Crippen LogP contribution in [0.2, 0.25) is 0 Å². The number of carbonyl (C=O) groups is 1. The topological polar surface area (TPSA) is 54.5 Å². The van der Waals surface area contributed by atoms with E-state index in [0.717, 1.165) is 37.2 Å². The van der Waals surface area contributed by atoms with Crippen LogP contribution in [-0.4, -0.2) is 41.7 Å². The van der Waals surface area contributed by atoms with Crippen LogP contribution in [-0.2, 0) is 11.3 Å². The van der Waals surface area contributed by atoms with Crippen molar-refractivity contribution in [2.24, 2.45) is 5.92 Å². The van der Waals surface area contributed by atoms with E-state index in [4.69, 9.17) is 4.74 Å². The van der Waals surface area contributed by atoms with Crippen LogP contribution in [0.5, 0.6) is 5.75 Å². The molecular formula is C19H22F3N3O2S. The number of nitrogens with zero attached hydrogens (tertiary/aromatic N) is 2. The number of nitrogens with one attached hydrogen (secondary N) is 1. The zero-order valence-corrected chi connectivity index (χ0v) is 16.3. The molecule has 5 nitrogen and oxygen atoms in total. The molecule has 1 aromatic heterocycles. The molecule has 0 saturated carbocycles. The predicted molar refractivity (Wildman–Crippen MR) is 101 cm³/mol. The highest BCUT2D eigenvalue weighted by molar-refractivity contribution is 7.13. The molecule has 9 heteroatoms. The molecule has 1 amide bonds. The van der Waals surface area contributed by atoms with Crippen molar-refractivity contribution in [3.8, 4) is 5.75 Å². The minimum absolute atomic E-state index is 0.00320. The second-order valence-electron chi connectivity index (χ2n) is 6.88. The van der Waals surface area contributed by atoms with Crippen LogP contribution in [0.1, 0.15) is 24.1 Å². The molecule has 0 atom stereocenters. The number of aryl methyl sites for hydroxylation is 1. The number of thiazole rings is 1. The van der Waals surface area contributed by atoms with Crippen molar-refractivity contribution < 1.29 is 22.7 Å². The fourth-order valence-electron chi connectivity index (χ4n) is 3.13. The zero-order valence-electron chi connectivity index (χ0n) is 15.5. The van der Waals surface area contributed by atoms with Crippen molar-refractivity contribution in [1.82, 2.24) is 9.88 Å². The Morgan fingerprint density at radius 1 is 1.36 bits per heavy atom. The molecule has 3 rings (SSSR count). The highest BCUT2D eigenvalue weighted by Gasteiger charge is 2.28. The Kier molecular flexibility index (Phi) is 6.56. The number of aromatic nitrogens is 1. The van der Waals surface area contributed by atoms with Gasteiger partial charge in [0.1, 0.15) is 5.75 Å². The normalized spacial score (nSPS) is 16.1. The zero-order chi connectivity index (χ0) is 20.1. The summed E-state index contributed by atoms with van der Waals surface area (Å²) in [7, 11) is 0. The third-order valence-electron chi connectivity index (χ3n) is 4.51. The van der Waals surface area contributed by atoms with E-state index in [1.807, 2.05) is 18.4 Å². The van der Waals surface area contributed by atoms with E-state index in [0.29, 0.717) is 11.7 Å². The first kappa shape index (κ1) is 20.6. The summed E-state index contributed by atoms with van der Waals surface area (Å²) in [6, 6.07) is 6.71. The molecule has 2 aromatic rings. The van der Waals surface area contributed by atoms with Gasteiger partial charge in [-0.05, 0) is 50.6 Å². The molecule has 152 valence electrons. The minimum Gasteiger partial charge on any atom is -0.484 e. The van der Waals surface area contributed by atoms with Crippen molar-refractivity contribution in [2.75, 3.05) is 25.0 Å². The Morgan fingerprint density at radius 3 is 2.75 bits per heavy atom. The Bertz CT molecular complexity index is 802. The fraction of sp³-hybridized carbons (Fsp3) is 0.474. The summed E-state index contributed by atoms with van der Waals surface area (Å²) < 4.78 is 41.7. The van der Waals surface area contributed by atoms with E-state index in [1.165, 1.54) is 17.4 Å². The summed E-state index contributed by atoms with van der Waals surface area (Å²) in [4.78, 5) is 18.8. The van der Waals surface area contributed by atoms with Gasteiger partial charge in [-0.15, -0.1) is 11.3 Å². The van der Waals surface area contributed by atoms with Crippen molar-refractivity contribution >= 4 is 22.4 Å². The Hall–Kier alpha value is -2.13. The van der Waals surface area contributed by atoms with Gasteiger partial charge in [0.15, 0.2) is 11.7 Å². The van der Waals surface area contributed by atoms with Crippen LogP contribution in [0.3, 0.4) is 0 Å². The monoisotopic (exact) mass is 413 g/mol. The van der Waals surface area contributed by atoms with Gasteiger partial charge in [0.25, 0.3) is 0 Å². The highest BCUT2D eigenvalue weighted by Crippen LogP contribution is 2.24. The van der Waals surface area contributed by atoms with Gasteiger partial charge in [0, 0.05) is 17.8 Å². The molecule has 1 N–H and O–H groups in total. The minimum atomic E-state index is -4.35. The summed E-state index contributed by atoms with van der Waals surface area (Å²) in [5.74, 6) is 0.154. The number of rotatable bonds is 6. The second kappa shape index (κ2) is 8.91. The molecule has 0 radical (unpaired) electrons. The van der Waals surface area contributed by atoms with Crippen LogP contribution >= 0.6 is 11.3 Å². The van der Waals surface area contributed by atoms with Crippen molar-refractivity contribution in [3.05, 3.63) is 40.9 Å². The molecule has 2 heterocycles. The first-order chi connectivity index (χ1) is 13.3. The summed E-state index contributed by atoms with van der Waals surface area (Å²) in [6.45, 7) is 2.71. The van der Waals surface area contributed by atoms with E-state index >= 15 is 0 Å². The molecule has 1 aliphatic rings. The molecule has 0 spiro atoms. The number of benzene rings is 1. The number of carbonyl (C=O) groups excluding carboxylic acids is 1. The van der Waals surface area contributed by atoms with Gasteiger partial charge >= 0.3 is 6.18 Å². The molecule has 1 fully saturated rings. The number of anilines is 1. The van der Waals surface area contributed by atoms with Gasteiger partial charge in [-0.1, -0.05) is 12.1 Å². The molecule has 0 bridgehead atoms. The van der Waals surface area contributed by atoms with E-state index in [-0.39, 0.29) is 17.6 Å². The van der Waals surface area contributed by atoms with Gasteiger partial charge in [0.2, 0.25) is 5.91 Å². The van der Waals surface area contributed by atoms with Crippen molar-refractivity contribution in [1.29, 1.82) is 0 Å². The Balaban J connectivity index is 1.47. The molecule has 0 aliphatic carbocycles. The predicted octanol–water partition coefficient (Wildman–Crippen LogP) is 4.24. The lowest BCUT2D eigenvalue weighted by molar-refractivity contribution is -0.153. The molecule has 28 heavy (non-hydrogen) atoms. The number of hydrogen-bond acceptors (Lipinski definition) is 5. The standard InChI is InChI=1S/C19H22F3N3O2S/c1-13-11-28-18(23-13)24-17(26)15-5-7-25(8-6-15)10-14-3-2-4-16(9-14)27-12-19(20,21)22/h2-4,9,11,15H,5-8,10,12H2,1H3,(H,23,24,26). The number of amides is 1. The lowest BCUT2D eigenvalue weighted by Gasteiger charge is -2.31. The number of hydrogen-bond donors (Lipinski definition) is 1.